The number of thioether (sulfide) groups is 1. The van der Waals surface area contributed by atoms with Crippen molar-refractivity contribution in [3.8, 4) is 5.75 Å². The second-order valence-electron chi connectivity index (χ2n) is 5.49. The summed E-state index contributed by atoms with van der Waals surface area (Å²) in [6, 6.07) is 11.3. The first-order valence-corrected chi connectivity index (χ1v) is 10.0. The molecule has 7 heteroatoms. The van der Waals surface area contributed by atoms with E-state index in [2.05, 4.69) is 4.98 Å². The number of hydrogen-bond donors (Lipinski definition) is 0. The van der Waals surface area contributed by atoms with Gasteiger partial charge in [-0.3, -0.25) is 0 Å². The SMILES string of the molecule is Cc1cccc(OCCCSc2ccc(S(=O)(=O)N(C)C)cn2)c1. The highest BCUT2D eigenvalue weighted by Gasteiger charge is 2.17. The number of aromatic nitrogens is 1. The molecular weight excluding hydrogens is 344 g/mol. The lowest BCUT2D eigenvalue weighted by atomic mass is 10.2. The summed E-state index contributed by atoms with van der Waals surface area (Å²) in [6.07, 6.45) is 2.29. The van der Waals surface area contributed by atoms with Crippen LogP contribution in [0.2, 0.25) is 0 Å². The highest BCUT2D eigenvalue weighted by molar-refractivity contribution is 7.99. The van der Waals surface area contributed by atoms with Gasteiger partial charge >= 0.3 is 0 Å². The number of hydrogen-bond acceptors (Lipinski definition) is 5. The topological polar surface area (TPSA) is 59.5 Å². The summed E-state index contributed by atoms with van der Waals surface area (Å²) in [6.45, 7) is 2.68. The van der Waals surface area contributed by atoms with Crippen molar-refractivity contribution < 1.29 is 13.2 Å². The van der Waals surface area contributed by atoms with E-state index in [-0.39, 0.29) is 4.90 Å². The molecule has 0 saturated heterocycles. The van der Waals surface area contributed by atoms with Gasteiger partial charge in [0, 0.05) is 26.0 Å². The zero-order valence-corrected chi connectivity index (χ0v) is 15.7. The molecule has 0 fully saturated rings. The van der Waals surface area contributed by atoms with E-state index in [0.717, 1.165) is 22.9 Å². The number of benzene rings is 1. The Morgan fingerprint density at radius 3 is 2.62 bits per heavy atom. The standard InChI is InChI=1S/C17H22N2O3S2/c1-14-6-4-7-15(12-14)22-10-5-11-23-17-9-8-16(13-18-17)24(20,21)19(2)3/h4,6-9,12-13H,5,10-11H2,1-3H3. The molecule has 0 aliphatic heterocycles. The van der Waals surface area contributed by atoms with Gasteiger partial charge in [0.25, 0.3) is 0 Å². The molecule has 0 N–H and O–H groups in total. The Morgan fingerprint density at radius 1 is 1.21 bits per heavy atom. The van der Waals surface area contributed by atoms with E-state index in [0.29, 0.717) is 6.61 Å². The van der Waals surface area contributed by atoms with Crippen LogP contribution in [0.5, 0.6) is 5.75 Å². The Bertz CT molecular complexity index is 760. The number of pyridine rings is 1. The molecule has 0 spiro atoms. The zero-order valence-electron chi connectivity index (χ0n) is 14.1. The fraction of sp³-hybridized carbons (Fsp3) is 0.353. The Morgan fingerprint density at radius 2 is 2.00 bits per heavy atom. The lowest BCUT2D eigenvalue weighted by Crippen LogP contribution is -2.22. The van der Waals surface area contributed by atoms with Crippen LogP contribution in [0.3, 0.4) is 0 Å². The third-order valence-corrected chi connectivity index (χ3v) is 6.11. The molecule has 0 amide bonds. The summed E-state index contributed by atoms with van der Waals surface area (Å²) in [5, 5.41) is 0.809. The van der Waals surface area contributed by atoms with E-state index in [1.54, 1.807) is 23.9 Å². The molecule has 2 rings (SSSR count). The van der Waals surface area contributed by atoms with Gasteiger partial charge in [-0.2, -0.15) is 0 Å². The molecule has 1 heterocycles. The minimum Gasteiger partial charge on any atom is -0.494 e. The second-order valence-corrected chi connectivity index (χ2v) is 8.75. The van der Waals surface area contributed by atoms with Crippen molar-refractivity contribution >= 4 is 21.8 Å². The maximum absolute atomic E-state index is 12.0. The molecule has 1 aromatic heterocycles. The zero-order chi connectivity index (χ0) is 17.6. The number of rotatable bonds is 8. The molecule has 5 nitrogen and oxygen atoms in total. The van der Waals surface area contributed by atoms with Crippen molar-refractivity contribution in [1.82, 2.24) is 9.29 Å². The first kappa shape index (κ1) is 18.8. The van der Waals surface area contributed by atoms with Crippen molar-refractivity contribution in [3.63, 3.8) is 0 Å². The molecule has 0 saturated carbocycles. The van der Waals surface area contributed by atoms with Crippen LogP contribution in [0.15, 0.2) is 52.5 Å². The summed E-state index contributed by atoms with van der Waals surface area (Å²) in [5.74, 6) is 1.75. The average molecular weight is 367 g/mol. The largest absolute Gasteiger partial charge is 0.494 e. The number of aryl methyl sites for hydroxylation is 1. The van der Waals surface area contributed by atoms with E-state index >= 15 is 0 Å². The lowest BCUT2D eigenvalue weighted by molar-refractivity contribution is 0.318. The van der Waals surface area contributed by atoms with Crippen molar-refractivity contribution in [2.45, 2.75) is 23.3 Å². The van der Waals surface area contributed by atoms with Crippen molar-refractivity contribution in [2.75, 3.05) is 26.5 Å². The first-order valence-electron chi connectivity index (χ1n) is 7.60. The number of nitrogens with zero attached hydrogens (tertiary/aromatic N) is 2. The fourth-order valence-corrected chi connectivity index (χ4v) is 3.56. The normalized spacial score (nSPS) is 11.7. The van der Waals surface area contributed by atoms with E-state index in [1.165, 1.54) is 30.2 Å². The van der Waals surface area contributed by atoms with Gasteiger partial charge in [0.1, 0.15) is 10.6 Å². The molecule has 2 aromatic rings. The molecule has 0 aliphatic carbocycles. The van der Waals surface area contributed by atoms with E-state index in [4.69, 9.17) is 4.74 Å². The minimum atomic E-state index is -3.42. The third kappa shape index (κ3) is 5.22. The third-order valence-electron chi connectivity index (χ3n) is 3.28. The molecule has 1 aromatic carbocycles. The van der Waals surface area contributed by atoms with E-state index in [1.807, 2.05) is 31.2 Å². The Labute approximate surface area is 148 Å². The molecule has 24 heavy (non-hydrogen) atoms. The molecule has 130 valence electrons. The highest BCUT2D eigenvalue weighted by Crippen LogP contribution is 2.19. The van der Waals surface area contributed by atoms with Gasteiger partial charge in [0.15, 0.2) is 0 Å². The van der Waals surface area contributed by atoms with Crippen LogP contribution in [0, 0.1) is 6.92 Å². The van der Waals surface area contributed by atoms with Crippen molar-refractivity contribution in [3.05, 3.63) is 48.2 Å². The van der Waals surface area contributed by atoms with Crippen molar-refractivity contribution in [2.24, 2.45) is 0 Å². The lowest BCUT2D eigenvalue weighted by Gasteiger charge is -2.11. The van der Waals surface area contributed by atoms with Crippen molar-refractivity contribution in [1.29, 1.82) is 0 Å². The molecule has 0 atom stereocenters. The summed E-state index contributed by atoms with van der Waals surface area (Å²) in [7, 11) is -0.403. The monoisotopic (exact) mass is 366 g/mol. The smallest absolute Gasteiger partial charge is 0.244 e. The minimum absolute atomic E-state index is 0.208. The van der Waals surface area contributed by atoms with E-state index in [9.17, 15) is 8.42 Å². The van der Waals surface area contributed by atoms with Crippen LogP contribution in [0.1, 0.15) is 12.0 Å². The van der Waals surface area contributed by atoms with Gasteiger partial charge in [-0.05, 0) is 43.2 Å². The Hall–Kier alpha value is -1.57. The maximum Gasteiger partial charge on any atom is 0.244 e. The van der Waals surface area contributed by atoms with Gasteiger partial charge in [0.2, 0.25) is 10.0 Å². The molecule has 0 unspecified atom stereocenters. The highest BCUT2D eigenvalue weighted by atomic mass is 32.2. The summed E-state index contributed by atoms with van der Waals surface area (Å²) >= 11 is 1.59. The predicted molar refractivity (Wildman–Crippen MR) is 97.1 cm³/mol. The van der Waals surface area contributed by atoms with Gasteiger partial charge in [-0.1, -0.05) is 12.1 Å². The Kier molecular flexibility index (Phi) is 6.65. The van der Waals surface area contributed by atoms with Gasteiger partial charge in [-0.25, -0.2) is 17.7 Å². The summed E-state index contributed by atoms with van der Waals surface area (Å²) in [5.41, 5.74) is 1.18. The van der Waals surface area contributed by atoms with E-state index < -0.39 is 10.0 Å². The van der Waals surface area contributed by atoms with Crippen LogP contribution >= 0.6 is 11.8 Å². The number of ether oxygens (including phenoxy) is 1. The molecule has 0 bridgehead atoms. The second kappa shape index (κ2) is 8.50. The quantitative estimate of drug-likeness (QED) is 0.530. The van der Waals surface area contributed by atoms with Gasteiger partial charge < -0.3 is 4.74 Å². The molecule has 0 radical (unpaired) electrons. The average Bonchev–Trinajstić information content (AvgIpc) is 2.55. The summed E-state index contributed by atoms with van der Waals surface area (Å²) < 4.78 is 30.8. The molecule has 0 aliphatic rings. The predicted octanol–water partition coefficient (Wildman–Crippen LogP) is 3.20. The van der Waals surface area contributed by atoms with Crippen LogP contribution in [0.25, 0.3) is 0 Å². The van der Waals surface area contributed by atoms with Crippen LogP contribution in [-0.2, 0) is 10.0 Å². The van der Waals surface area contributed by atoms with Crippen LogP contribution < -0.4 is 4.74 Å². The fourth-order valence-electron chi connectivity index (χ4n) is 1.95. The summed E-state index contributed by atoms with van der Waals surface area (Å²) in [4.78, 5) is 4.42. The molecular formula is C17H22N2O3S2. The van der Waals surface area contributed by atoms with Gasteiger partial charge in [0.05, 0.1) is 11.6 Å². The number of sulfonamides is 1. The van der Waals surface area contributed by atoms with Crippen LogP contribution in [0.4, 0.5) is 0 Å². The van der Waals surface area contributed by atoms with Crippen LogP contribution in [-0.4, -0.2) is 44.2 Å². The Balaban J connectivity index is 1.77. The maximum atomic E-state index is 12.0. The van der Waals surface area contributed by atoms with Gasteiger partial charge in [-0.15, -0.1) is 11.8 Å². The first-order chi connectivity index (χ1) is 11.4.